The number of amides is 1. The van der Waals surface area contributed by atoms with Crippen LogP contribution in [0.1, 0.15) is 31.5 Å². The highest BCUT2D eigenvalue weighted by molar-refractivity contribution is 5.78. The summed E-state index contributed by atoms with van der Waals surface area (Å²) in [7, 11) is 1.73. The van der Waals surface area contributed by atoms with E-state index in [1.807, 2.05) is 0 Å². The number of rotatable bonds is 3. The van der Waals surface area contributed by atoms with Gasteiger partial charge in [-0.3, -0.25) is 4.79 Å². The predicted molar refractivity (Wildman–Crippen MR) is 52.9 cm³/mol. The summed E-state index contributed by atoms with van der Waals surface area (Å²) in [5.41, 5.74) is 0. The number of hydrogen-bond acceptors (Lipinski definition) is 4. The van der Waals surface area contributed by atoms with E-state index in [-0.39, 0.29) is 12.3 Å². The summed E-state index contributed by atoms with van der Waals surface area (Å²) < 4.78 is 1.52. The molecule has 0 spiro atoms. The van der Waals surface area contributed by atoms with Crippen LogP contribution in [-0.2, 0) is 18.3 Å². The molecular weight excluding hydrogens is 194 g/mol. The number of nitrogens with zero attached hydrogens (tertiary/aromatic N) is 4. The first-order chi connectivity index (χ1) is 7.25. The Bertz CT molecular complexity index is 342. The van der Waals surface area contributed by atoms with E-state index in [2.05, 4.69) is 20.8 Å². The number of aromatic nitrogens is 4. The molecule has 1 aromatic rings. The molecular formula is C9H15N5O. The van der Waals surface area contributed by atoms with Crippen molar-refractivity contribution in [2.75, 3.05) is 0 Å². The van der Waals surface area contributed by atoms with Crippen LogP contribution in [0.4, 0.5) is 0 Å². The maximum absolute atomic E-state index is 11.6. The molecule has 1 heterocycles. The fraction of sp³-hybridized carbons (Fsp3) is 0.778. The van der Waals surface area contributed by atoms with Crippen molar-refractivity contribution in [3.05, 3.63) is 5.82 Å². The molecule has 0 bridgehead atoms. The molecule has 1 aliphatic rings. The Balaban J connectivity index is 1.84. The zero-order chi connectivity index (χ0) is 10.7. The Morgan fingerprint density at radius 3 is 2.87 bits per heavy atom. The van der Waals surface area contributed by atoms with Gasteiger partial charge in [-0.1, -0.05) is 12.8 Å². The zero-order valence-electron chi connectivity index (χ0n) is 8.81. The molecule has 6 nitrogen and oxygen atoms in total. The Labute approximate surface area is 88.0 Å². The minimum Gasteiger partial charge on any atom is -0.353 e. The van der Waals surface area contributed by atoms with Crippen LogP contribution < -0.4 is 5.32 Å². The first kappa shape index (κ1) is 10.1. The van der Waals surface area contributed by atoms with Gasteiger partial charge in [0.05, 0.1) is 6.42 Å². The molecule has 0 unspecified atom stereocenters. The van der Waals surface area contributed by atoms with Gasteiger partial charge >= 0.3 is 0 Å². The summed E-state index contributed by atoms with van der Waals surface area (Å²) in [4.78, 5) is 11.6. The number of nitrogens with one attached hydrogen (secondary N) is 1. The van der Waals surface area contributed by atoms with Gasteiger partial charge in [-0.15, -0.1) is 5.10 Å². The molecule has 6 heteroatoms. The molecule has 1 amide bonds. The highest BCUT2D eigenvalue weighted by Crippen LogP contribution is 2.17. The van der Waals surface area contributed by atoms with Crippen molar-refractivity contribution < 1.29 is 4.79 Å². The second-order valence-corrected chi connectivity index (χ2v) is 3.94. The third kappa shape index (κ3) is 2.51. The number of hydrogen-bond donors (Lipinski definition) is 1. The van der Waals surface area contributed by atoms with Crippen LogP contribution in [0.3, 0.4) is 0 Å². The molecule has 2 rings (SSSR count). The lowest BCUT2D eigenvalue weighted by Gasteiger charge is -2.10. The van der Waals surface area contributed by atoms with Crippen molar-refractivity contribution in [1.82, 2.24) is 25.5 Å². The maximum Gasteiger partial charge on any atom is 0.227 e. The van der Waals surface area contributed by atoms with Crippen molar-refractivity contribution in [2.24, 2.45) is 7.05 Å². The number of tetrazole rings is 1. The summed E-state index contributed by atoms with van der Waals surface area (Å²) in [6.45, 7) is 0. The molecule has 0 radical (unpaired) electrons. The molecule has 0 atom stereocenters. The predicted octanol–water partition coefficient (Wildman–Crippen LogP) is -0.189. The lowest BCUT2D eigenvalue weighted by Crippen LogP contribution is -2.34. The van der Waals surface area contributed by atoms with Crippen LogP contribution in [-0.4, -0.2) is 32.2 Å². The Hall–Kier alpha value is -1.46. The van der Waals surface area contributed by atoms with Gasteiger partial charge in [0.1, 0.15) is 0 Å². The van der Waals surface area contributed by atoms with Crippen molar-refractivity contribution in [2.45, 2.75) is 38.1 Å². The van der Waals surface area contributed by atoms with Gasteiger partial charge in [-0.2, -0.15) is 0 Å². The summed E-state index contributed by atoms with van der Waals surface area (Å²) in [6.07, 6.45) is 4.90. The number of aryl methyl sites for hydroxylation is 1. The second kappa shape index (κ2) is 4.37. The average molecular weight is 209 g/mol. The first-order valence-electron chi connectivity index (χ1n) is 5.26. The second-order valence-electron chi connectivity index (χ2n) is 3.94. The van der Waals surface area contributed by atoms with Crippen LogP contribution in [0, 0.1) is 0 Å². The summed E-state index contributed by atoms with van der Waals surface area (Å²) in [5, 5.41) is 13.9. The Morgan fingerprint density at radius 1 is 1.53 bits per heavy atom. The van der Waals surface area contributed by atoms with E-state index < -0.39 is 0 Å². The minimum atomic E-state index is 0.0137. The van der Waals surface area contributed by atoms with Crippen molar-refractivity contribution in [1.29, 1.82) is 0 Å². The average Bonchev–Trinajstić information content (AvgIpc) is 2.79. The van der Waals surface area contributed by atoms with Gasteiger partial charge in [0.15, 0.2) is 5.82 Å². The molecule has 0 saturated heterocycles. The van der Waals surface area contributed by atoms with Gasteiger partial charge in [-0.05, 0) is 23.3 Å². The molecule has 1 fully saturated rings. The van der Waals surface area contributed by atoms with Crippen molar-refractivity contribution >= 4 is 5.91 Å². The van der Waals surface area contributed by atoms with Gasteiger partial charge in [0, 0.05) is 13.1 Å². The van der Waals surface area contributed by atoms with E-state index in [0.29, 0.717) is 11.9 Å². The van der Waals surface area contributed by atoms with Gasteiger partial charge in [0.25, 0.3) is 0 Å². The third-order valence-electron chi connectivity index (χ3n) is 2.75. The third-order valence-corrected chi connectivity index (χ3v) is 2.75. The Kier molecular flexibility index (Phi) is 2.94. The van der Waals surface area contributed by atoms with E-state index in [1.54, 1.807) is 7.05 Å². The monoisotopic (exact) mass is 209 g/mol. The van der Waals surface area contributed by atoms with E-state index >= 15 is 0 Å². The van der Waals surface area contributed by atoms with Gasteiger partial charge in [-0.25, -0.2) is 4.68 Å². The van der Waals surface area contributed by atoms with Gasteiger partial charge < -0.3 is 5.32 Å². The molecule has 82 valence electrons. The van der Waals surface area contributed by atoms with Gasteiger partial charge in [0.2, 0.25) is 5.91 Å². The molecule has 1 saturated carbocycles. The fourth-order valence-electron chi connectivity index (χ4n) is 1.89. The topological polar surface area (TPSA) is 72.7 Å². The highest BCUT2D eigenvalue weighted by Gasteiger charge is 2.18. The fourth-order valence-corrected chi connectivity index (χ4v) is 1.89. The van der Waals surface area contributed by atoms with Crippen LogP contribution in [0.2, 0.25) is 0 Å². The first-order valence-corrected chi connectivity index (χ1v) is 5.26. The van der Waals surface area contributed by atoms with Crippen LogP contribution >= 0.6 is 0 Å². The summed E-state index contributed by atoms with van der Waals surface area (Å²) >= 11 is 0. The largest absolute Gasteiger partial charge is 0.353 e. The smallest absolute Gasteiger partial charge is 0.227 e. The van der Waals surface area contributed by atoms with Crippen LogP contribution in [0.15, 0.2) is 0 Å². The molecule has 1 N–H and O–H groups in total. The van der Waals surface area contributed by atoms with E-state index in [0.717, 1.165) is 12.8 Å². The molecule has 0 aromatic carbocycles. The van der Waals surface area contributed by atoms with E-state index in [4.69, 9.17) is 0 Å². The van der Waals surface area contributed by atoms with Crippen LogP contribution in [0.5, 0.6) is 0 Å². The van der Waals surface area contributed by atoms with E-state index in [9.17, 15) is 4.79 Å². The van der Waals surface area contributed by atoms with Crippen molar-refractivity contribution in [3.8, 4) is 0 Å². The zero-order valence-corrected chi connectivity index (χ0v) is 8.81. The quantitative estimate of drug-likeness (QED) is 0.749. The normalized spacial score (nSPS) is 16.9. The lowest BCUT2D eigenvalue weighted by atomic mass is 10.2. The van der Waals surface area contributed by atoms with Crippen LogP contribution in [0.25, 0.3) is 0 Å². The highest BCUT2D eigenvalue weighted by atomic mass is 16.1. The Morgan fingerprint density at radius 2 is 2.27 bits per heavy atom. The molecule has 0 aliphatic heterocycles. The SMILES string of the molecule is Cn1nnnc1CC(=O)NC1CCCC1. The van der Waals surface area contributed by atoms with Crippen molar-refractivity contribution in [3.63, 3.8) is 0 Å². The van der Waals surface area contributed by atoms with E-state index in [1.165, 1.54) is 17.5 Å². The summed E-state index contributed by atoms with van der Waals surface area (Å²) in [6, 6.07) is 0.360. The molecule has 1 aliphatic carbocycles. The summed E-state index contributed by atoms with van der Waals surface area (Å²) in [5.74, 6) is 0.616. The maximum atomic E-state index is 11.6. The molecule has 15 heavy (non-hydrogen) atoms. The molecule has 1 aromatic heterocycles. The minimum absolute atomic E-state index is 0.0137. The lowest BCUT2D eigenvalue weighted by molar-refractivity contribution is -0.121. The standard InChI is InChI=1S/C9H15N5O/c1-14-8(11-12-13-14)6-9(15)10-7-4-2-3-5-7/h7H,2-6H2,1H3,(H,10,15). The number of carbonyl (C=O) groups is 1. The number of carbonyl (C=O) groups excluding carboxylic acids is 1.